The van der Waals surface area contributed by atoms with Crippen LogP contribution in [0.5, 0.6) is 0 Å². The quantitative estimate of drug-likeness (QED) is 0.510. The van der Waals surface area contributed by atoms with Crippen molar-refractivity contribution < 1.29 is 14.3 Å². The monoisotopic (exact) mass is 510 g/mol. The zero-order valence-corrected chi connectivity index (χ0v) is 21.8. The smallest absolute Gasteiger partial charge is 0.410 e. The average Bonchev–Trinajstić information content (AvgIpc) is 3.41. The summed E-state index contributed by atoms with van der Waals surface area (Å²) in [5.74, 6) is 0.851. The van der Waals surface area contributed by atoms with Crippen LogP contribution in [0.1, 0.15) is 40.5 Å². The Labute approximate surface area is 215 Å². The molecule has 1 atom stereocenters. The van der Waals surface area contributed by atoms with Gasteiger partial charge >= 0.3 is 6.09 Å². The van der Waals surface area contributed by atoms with Gasteiger partial charge in [-0.15, -0.1) is 0 Å². The van der Waals surface area contributed by atoms with E-state index in [0.29, 0.717) is 43.3 Å². The summed E-state index contributed by atoms with van der Waals surface area (Å²) in [6.07, 6.45) is 4.55. The lowest BCUT2D eigenvalue weighted by Crippen LogP contribution is -2.55. The van der Waals surface area contributed by atoms with E-state index in [4.69, 9.17) is 16.3 Å². The van der Waals surface area contributed by atoms with E-state index in [9.17, 15) is 9.59 Å². The Morgan fingerprint density at radius 1 is 1.17 bits per heavy atom. The van der Waals surface area contributed by atoms with Crippen LogP contribution in [0.25, 0.3) is 16.7 Å². The molecule has 2 aromatic heterocycles. The van der Waals surface area contributed by atoms with E-state index in [0.717, 1.165) is 29.0 Å². The SMILES string of the molecule is C[C@@H]1CN(c2ncnc3c2c(N2CCCC2=O)cn3-c2cccc(Cl)c2)CCN1C(=O)OC(C)(C)C. The fourth-order valence-electron chi connectivity index (χ4n) is 4.94. The van der Waals surface area contributed by atoms with Crippen LogP contribution < -0.4 is 9.80 Å². The van der Waals surface area contributed by atoms with Crippen molar-refractivity contribution in [1.82, 2.24) is 19.4 Å². The zero-order valence-electron chi connectivity index (χ0n) is 21.1. The molecule has 0 bridgehead atoms. The topological polar surface area (TPSA) is 83.8 Å². The zero-order chi connectivity index (χ0) is 25.6. The van der Waals surface area contributed by atoms with Crippen LogP contribution in [-0.4, -0.2) is 69.3 Å². The van der Waals surface area contributed by atoms with Gasteiger partial charge in [0.2, 0.25) is 5.91 Å². The van der Waals surface area contributed by atoms with Gasteiger partial charge in [0.05, 0.1) is 11.1 Å². The summed E-state index contributed by atoms with van der Waals surface area (Å²) in [5, 5.41) is 1.44. The Kier molecular flexibility index (Phi) is 6.28. The largest absolute Gasteiger partial charge is 0.444 e. The summed E-state index contributed by atoms with van der Waals surface area (Å²) in [7, 11) is 0. The maximum atomic E-state index is 12.8. The van der Waals surface area contributed by atoms with Crippen molar-refractivity contribution in [2.45, 2.75) is 52.2 Å². The molecule has 2 aliphatic rings. The second kappa shape index (κ2) is 9.28. The second-order valence-electron chi connectivity index (χ2n) is 10.4. The third kappa shape index (κ3) is 4.59. The summed E-state index contributed by atoms with van der Waals surface area (Å²) in [4.78, 5) is 40.6. The van der Waals surface area contributed by atoms with Crippen LogP contribution in [0, 0.1) is 0 Å². The van der Waals surface area contributed by atoms with Gasteiger partial charge in [-0.2, -0.15) is 0 Å². The number of carbonyl (C=O) groups is 2. The number of ether oxygens (including phenoxy) is 1. The first-order valence-electron chi connectivity index (χ1n) is 12.3. The second-order valence-corrected chi connectivity index (χ2v) is 10.8. The van der Waals surface area contributed by atoms with Gasteiger partial charge in [-0.3, -0.25) is 9.36 Å². The van der Waals surface area contributed by atoms with Crippen molar-refractivity contribution in [3.05, 3.63) is 41.8 Å². The number of hydrogen-bond acceptors (Lipinski definition) is 6. The van der Waals surface area contributed by atoms with E-state index >= 15 is 0 Å². The highest BCUT2D eigenvalue weighted by atomic mass is 35.5. The van der Waals surface area contributed by atoms with E-state index in [1.165, 1.54) is 0 Å². The van der Waals surface area contributed by atoms with Gasteiger partial charge < -0.3 is 19.4 Å². The Bertz CT molecular complexity index is 1320. The van der Waals surface area contributed by atoms with Crippen LogP contribution in [0.2, 0.25) is 5.02 Å². The summed E-state index contributed by atoms with van der Waals surface area (Å²) in [6, 6.07) is 7.48. The molecule has 1 aromatic carbocycles. The van der Waals surface area contributed by atoms with E-state index in [1.54, 1.807) is 11.2 Å². The first-order chi connectivity index (χ1) is 17.1. The molecule has 0 spiro atoms. The standard InChI is InChI=1S/C26H31ClN6O3/c1-17-14-30(11-12-31(17)25(35)36-26(2,3)4)23-22-20(32-10-6-9-21(32)34)15-33(24(22)29-16-28-23)19-8-5-7-18(27)13-19/h5,7-8,13,15-17H,6,9-12,14H2,1-4H3/t17-/m1/s1. The summed E-state index contributed by atoms with van der Waals surface area (Å²) < 4.78 is 7.57. The molecular weight excluding hydrogens is 480 g/mol. The molecule has 36 heavy (non-hydrogen) atoms. The van der Waals surface area contributed by atoms with Gasteiger partial charge in [0.1, 0.15) is 17.7 Å². The van der Waals surface area contributed by atoms with Gasteiger partial charge in [0, 0.05) is 55.5 Å². The van der Waals surface area contributed by atoms with Crippen molar-refractivity contribution in [3.8, 4) is 5.69 Å². The van der Waals surface area contributed by atoms with Gasteiger partial charge in [0.25, 0.3) is 0 Å². The Hall–Kier alpha value is -3.33. The number of anilines is 2. The molecule has 4 heterocycles. The normalized spacial score (nSPS) is 18.9. The number of benzene rings is 1. The number of piperazine rings is 1. The number of aromatic nitrogens is 3. The number of rotatable bonds is 3. The Morgan fingerprint density at radius 3 is 2.64 bits per heavy atom. The first-order valence-corrected chi connectivity index (χ1v) is 12.7. The molecule has 2 fully saturated rings. The van der Waals surface area contributed by atoms with Gasteiger partial charge in [0.15, 0.2) is 5.65 Å². The van der Waals surface area contributed by atoms with Crippen molar-refractivity contribution in [3.63, 3.8) is 0 Å². The molecule has 2 amide bonds. The molecule has 0 saturated carbocycles. The van der Waals surface area contributed by atoms with Crippen molar-refractivity contribution >= 4 is 46.1 Å². The Morgan fingerprint density at radius 2 is 1.97 bits per heavy atom. The van der Waals surface area contributed by atoms with E-state index in [-0.39, 0.29) is 18.0 Å². The summed E-state index contributed by atoms with van der Waals surface area (Å²) in [5.41, 5.74) is 1.82. The molecule has 10 heteroatoms. The van der Waals surface area contributed by atoms with Crippen LogP contribution in [0.3, 0.4) is 0 Å². The van der Waals surface area contributed by atoms with Crippen LogP contribution in [0.15, 0.2) is 36.8 Å². The molecular formula is C26H31ClN6O3. The molecule has 2 saturated heterocycles. The molecule has 5 rings (SSSR count). The highest BCUT2D eigenvalue weighted by Crippen LogP contribution is 2.38. The fraction of sp³-hybridized carbons (Fsp3) is 0.462. The fourth-order valence-corrected chi connectivity index (χ4v) is 5.12. The molecule has 2 aliphatic heterocycles. The summed E-state index contributed by atoms with van der Waals surface area (Å²) >= 11 is 6.29. The highest BCUT2D eigenvalue weighted by Gasteiger charge is 2.34. The molecule has 3 aromatic rings. The van der Waals surface area contributed by atoms with E-state index < -0.39 is 5.60 Å². The number of fused-ring (bicyclic) bond motifs is 1. The number of carbonyl (C=O) groups excluding carboxylic acids is 2. The first kappa shape index (κ1) is 24.4. The van der Waals surface area contributed by atoms with Crippen LogP contribution >= 0.6 is 11.6 Å². The number of halogens is 1. The van der Waals surface area contributed by atoms with Crippen molar-refractivity contribution in [1.29, 1.82) is 0 Å². The minimum absolute atomic E-state index is 0.0782. The minimum atomic E-state index is -0.548. The van der Waals surface area contributed by atoms with Gasteiger partial charge in [-0.1, -0.05) is 17.7 Å². The highest BCUT2D eigenvalue weighted by molar-refractivity contribution is 6.30. The van der Waals surface area contributed by atoms with Crippen molar-refractivity contribution in [2.24, 2.45) is 0 Å². The minimum Gasteiger partial charge on any atom is -0.444 e. The maximum absolute atomic E-state index is 12.8. The lowest BCUT2D eigenvalue weighted by molar-refractivity contribution is -0.117. The van der Waals surface area contributed by atoms with Crippen LogP contribution in [0.4, 0.5) is 16.3 Å². The van der Waals surface area contributed by atoms with Crippen LogP contribution in [-0.2, 0) is 9.53 Å². The molecule has 0 unspecified atom stereocenters. The van der Waals surface area contributed by atoms with Gasteiger partial charge in [-0.05, 0) is 52.3 Å². The number of nitrogens with zero attached hydrogens (tertiary/aromatic N) is 6. The Balaban J connectivity index is 1.55. The third-order valence-electron chi connectivity index (χ3n) is 6.55. The third-order valence-corrected chi connectivity index (χ3v) is 6.78. The van der Waals surface area contributed by atoms with E-state index in [2.05, 4.69) is 14.9 Å². The predicted molar refractivity (Wildman–Crippen MR) is 140 cm³/mol. The molecule has 0 N–H and O–H groups in total. The lowest BCUT2D eigenvalue weighted by Gasteiger charge is -2.40. The maximum Gasteiger partial charge on any atom is 0.410 e. The van der Waals surface area contributed by atoms with Crippen molar-refractivity contribution in [2.75, 3.05) is 36.0 Å². The molecule has 0 aliphatic carbocycles. The lowest BCUT2D eigenvalue weighted by atomic mass is 10.1. The predicted octanol–water partition coefficient (Wildman–Crippen LogP) is 4.65. The van der Waals surface area contributed by atoms with E-state index in [1.807, 2.05) is 67.6 Å². The molecule has 190 valence electrons. The van der Waals surface area contributed by atoms with Gasteiger partial charge in [-0.25, -0.2) is 14.8 Å². The summed E-state index contributed by atoms with van der Waals surface area (Å²) in [6.45, 7) is 9.96. The average molecular weight is 511 g/mol. The number of hydrogen-bond donors (Lipinski definition) is 0. The molecule has 0 radical (unpaired) electrons. The molecule has 9 nitrogen and oxygen atoms in total. The number of amides is 2.